The molecule has 7 heteroatoms. The molecular weight excluding hydrogens is 224 g/mol. The van der Waals surface area contributed by atoms with Gasteiger partial charge in [0.2, 0.25) is 17.7 Å². The Morgan fingerprint density at radius 3 is 2.76 bits per heavy atom. The fraction of sp³-hybridized carbons (Fsp3) is 0.700. The summed E-state index contributed by atoms with van der Waals surface area (Å²) in [6, 6.07) is -1.11. The molecule has 0 aromatic heterocycles. The van der Waals surface area contributed by atoms with Crippen molar-refractivity contribution in [2.75, 3.05) is 19.6 Å². The number of hydrogen-bond donors (Lipinski definition) is 3. The second kappa shape index (κ2) is 4.70. The SMILES string of the molecule is NC(=O)C1CNCCN1C(=O)C1CCC(=O)N1. The van der Waals surface area contributed by atoms with E-state index in [0.29, 0.717) is 32.5 Å². The zero-order chi connectivity index (χ0) is 12.4. The molecule has 2 aliphatic rings. The van der Waals surface area contributed by atoms with Gasteiger partial charge in [-0.05, 0) is 6.42 Å². The smallest absolute Gasteiger partial charge is 0.245 e. The van der Waals surface area contributed by atoms with Gasteiger partial charge in [-0.2, -0.15) is 0 Å². The fourth-order valence-electron chi connectivity index (χ4n) is 2.22. The molecule has 2 atom stereocenters. The van der Waals surface area contributed by atoms with Gasteiger partial charge >= 0.3 is 0 Å². The van der Waals surface area contributed by atoms with Crippen molar-refractivity contribution in [1.29, 1.82) is 0 Å². The quantitative estimate of drug-likeness (QED) is 0.498. The number of amides is 3. The van der Waals surface area contributed by atoms with Gasteiger partial charge in [-0.3, -0.25) is 14.4 Å². The largest absolute Gasteiger partial charge is 0.368 e. The van der Waals surface area contributed by atoms with Crippen molar-refractivity contribution in [3.63, 3.8) is 0 Å². The summed E-state index contributed by atoms with van der Waals surface area (Å²) < 4.78 is 0. The molecule has 0 aromatic rings. The van der Waals surface area contributed by atoms with E-state index in [1.54, 1.807) is 0 Å². The number of rotatable bonds is 2. The Balaban J connectivity index is 2.06. The number of primary amides is 1. The van der Waals surface area contributed by atoms with E-state index in [2.05, 4.69) is 10.6 Å². The summed E-state index contributed by atoms with van der Waals surface area (Å²) in [4.78, 5) is 35.9. The summed E-state index contributed by atoms with van der Waals surface area (Å²) in [7, 11) is 0. The molecule has 2 saturated heterocycles. The highest BCUT2D eigenvalue weighted by atomic mass is 16.2. The van der Waals surface area contributed by atoms with Gasteiger partial charge in [0.05, 0.1) is 0 Å². The van der Waals surface area contributed by atoms with Crippen LogP contribution in [-0.2, 0) is 14.4 Å². The molecule has 0 bridgehead atoms. The third-order valence-electron chi connectivity index (χ3n) is 3.15. The third-order valence-corrected chi connectivity index (χ3v) is 3.15. The first-order valence-electron chi connectivity index (χ1n) is 5.69. The van der Waals surface area contributed by atoms with Crippen LogP contribution in [0.1, 0.15) is 12.8 Å². The van der Waals surface area contributed by atoms with Crippen LogP contribution in [0.3, 0.4) is 0 Å². The molecule has 2 unspecified atom stereocenters. The number of carbonyl (C=O) groups excluding carboxylic acids is 3. The minimum Gasteiger partial charge on any atom is -0.368 e. The second-order valence-corrected chi connectivity index (χ2v) is 4.31. The molecule has 0 aliphatic carbocycles. The fourth-order valence-corrected chi connectivity index (χ4v) is 2.22. The van der Waals surface area contributed by atoms with Crippen molar-refractivity contribution in [2.24, 2.45) is 5.73 Å². The molecule has 2 aliphatic heterocycles. The van der Waals surface area contributed by atoms with E-state index in [4.69, 9.17) is 5.73 Å². The Kier molecular flexibility index (Phi) is 3.28. The molecule has 7 nitrogen and oxygen atoms in total. The van der Waals surface area contributed by atoms with Gasteiger partial charge in [0.25, 0.3) is 0 Å². The van der Waals surface area contributed by atoms with Crippen LogP contribution >= 0.6 is 0 Å². The summed E-state index contributed by atoms with van der Waals surface area (Å²) in [6.45, 7) is 1.46. The van der Waals surface area contributed by atoms with E-state index >= 15 is 0 Å². The molecule has 94 valence electrons. The van der Waals surface area contributed by atoms with Crippen LogP contribution < -0.4 is 16.4 Å². The summed E-state index contributed by atoms with van der Waals surface area (Å²) in [6.07, 6.45) is 0.858. The molecule has 3 amide bonds. The second-order valence-electron chi connectivity index (χ2n) is 4.31. The lowest BCUT2D eigenvalue weighted by molar-refractivity contribution is -0.142. The first-order valence-corrected chi connectivity index (χ1v) is 5.69. The molecule has 2 heterocycles. The Hall–Kier alpha value is -1.63. The minimum absolute atomic E-state index is 0.117. The first-order chi connectivity index (χ1) is 8.09. The molecule has 2 fully saturated rings. The normalized spacial score (nSPS) is 28.9. The number of hydrogen-bond acceptors (Lipinski definition) is 4. The lowest BCUT2D eigenvalue weighted by Gasteiger charge is -2.35. The van der Waals surface area contributed by atoms with Crippen LogP contribution in [0.2, 0.25) is 0 Å². The Bertz CT molecular complexity index is 357. The highest BCUT2D eigenvalue weighted by Gasteiger charge is 2.36. The predicted molar refractivity (Wildman–Crippen MR) is 58.7 cm³/mol. The van der Waals surface area contributed by atoms with Crippen molar-refractivity contribution < 1.29 is 14.4 Å². The Morgan fingerprint density at radius 1 is 1.41 bits per heavy atom. The van der Waals surface area contributed by atoms with Gasteiger partial charge in [0.15, 0.2) is 0 Å². The number of nitrogens with zero attached hydrogens (tertiary/aromatic N) is 1. The number of piperazine rings is 1. The molecular formula is C10H16N4O3. The van der Waals surface area contributed by atoms with Gasteiger partial charge in [0.1, 0.15) is 12.1 Å². The maximum atomic E-state index is 12.1. The maximum absolute atomic E-state index is 12.1. The number of carbonyl (C=O) groups is 3. The molecule has 0 spiro atoms. The van der Waals surface area contributed by atoms with E-state index in [-0.39, 0.29) is 11.8 Å². The maximum Gasteiger partial charge on any atom is 0.245 e. The van der Waals surface area contributed by atoms with Crippen molar-refractivity contribution >= 4 is 17.7 Å². The van der Waals surface area contributed by atoms with Crippen molar-refractivity contribution in [2.45, 2.75) is 24.9 Å². The van der Waals surface area contributed by atoms with E-state index in [9.17, 15) is 14.4 Å². The topological polar surface area (TPSA) is 105 Å². The molecule has 2 rings (SSSR count). The van der Waals surface area contributed by atoms with Crippen LogP contribution in [0.15, 0.2) is 0 Å². The Labute approximate surface area is 98.7 Å². The molecule has 0 radical (unpaired) electrons. The third kappa shape index (κ3) is 2.38. The van der Waals surface area contributed by atoms with E-state index in [1.165, 1.54) is 4.90 Å². The average molecular weight is 240 g/mol. The lowest BCUT2D eigenvalue weighted by Crippen LogP contribution is -2.61. The first kappa shape index (κ1) is 11.8. The zero-order valence-electron chi connectivity index (χ0n) is 9.44. The predicted octanol–water partition coefficient (Wildman–Crippen LogP) is -2.45. The van der Waals surface area contributed by atoms with Crippen molar-refractivity contribution in [3.8, 4) is 0 Å². The van der Waals surface area contributed by atoms with E-state index in [1.807, 2.05) is 0 Å². The number of nitrogens with two attached hydrogens (primary N) is 1. The van der Waals surface area contributed by atoms with Gasteiger partial charge in [-0.1, -0.05) is 0 Å². The molecule has 4 N–H and O–H groups in total. The standard InChI is InChI=1S/C10H16N4O3/c11-9(16)7-5-12-3-4-14(7)10(17)6-1-2-8(15)13-6/h6-7,12H,1-5H2,(H2,11,16)(H,13,15). The van der Waals surface area contributed by atoms with Crippen LogP contribution in [0.4, 0.5) is 0 Å². The Morgan fingerprint density at radius 2 is 2.18 bits per heavy atom. The summed E-state index contributed by atoms with van der Waals surface area (Å²) in [5, 5.41) is 5.63. The van der Waals surface area contributed by atoms with Gasteiger partial charge in [-0.15, -0.1) is 0 Å². The number of nitrogens with one attached hydrogen (secondary N) is 2. The van der Waals surface area contributed by atoms with Crippen LogP contribution in [0, 0.1) is 0 Å². The molecule has 17 heavy (non-hydrogen) atoms. The van der Waals surface area contributed by atoms with Gasteiger partial charge in [-0.25, -0.2) is 0 Å². The zero-order valence-corrected chi connectivity index (χ0v) is 9.44. The highest BCUT2D eigenvalue weighted by molar-refractivity contribution is 5.93. The van der Waals surface area contributed by atoms with E-state index in [0.717, 1.165) is 0 Å². The van der Waals surface area contributed by atoms with E-state index < -0.39 is 18.0 Å². The van der Waals surface area contributed by atoms with Crippen molar-refractivity contribution in [3.05, 3.63) is 0 Å². The summed E-state index contributed by atoms with van der Waals surface area (Å²) >= 11 is 0. The minimum atomic E-state index is -0.617. The molecule has 0 saturated carbocycles. The van der Waals surface area contributed by atoms with Crippen LogP contribution in [0.5, 0.6) is 0 Å². The molecule has 0 aromatic carbocycles. The lowest BCUT2D eigenvalue weighted by atomic mass is 10.1. The summed E-state index contributed by atoms with van der Waals surface area (Å²) in [5.41, 5.74) is 5.26. The van der Waals surface area contributed by atoms with Crippen LogP contribution in [0.25, 0.3) is 0 Å². The highest BCUT2D eigenvalue weighted by Crippen LogP contribution is 2.13. The van der Waals surface area contributed by atoms with Crippen LogP contribution in [-0.4, -0.2) is 54.3 Å². The van der Waals surface area contributed by atoms with Gasteiger partial charge < -0.3 is 21.3 Å². The summed E-state index contributed by atoms with van der Waals surface area (Å²) in [5.74, 6) is -0.842. The monoisotopic (exact) mass is 240 g/mol. The average Bonchev–Trinajstić information content (AvgIpc) is 2.75. The van der Waals surface area contributed by atoms with Gasteiger partial charge in [0, 0.05) is 26.1 Å². The van der Waals surface area contributed by atoms with Crippen molar-refractivity contribution in [1.82, 2.24) is 15.5 Å².